The maximum atomic E-state index is 13.6. The SMILES string of the molecule is Cc1ncsc1C1=NOC(C)(CSCc2c(F)cccc2F)C1. The molecule has 1 unspecified atom stereocenters. The van der Waals surface area contributed by atoms with Crippen molar-refractivity contribution >= 4 is 28.8 Å². The summed E-state index contributed by atoms with van der Waals surface area (Å²) in [6, 6.07) is 3.93. The van der Waals surface area contributed by atoms with Crippen molar-refractivity contribution in [1.82, 2.24) is 4.98 Å². The van der Waals surface area contributed by atoms with Crippen molar-refractivity contribution in [2.24, 2.45) is 5.16 Å². The zero-order valence-electron chi connectivity index (χ0n) is 12.8. The van der Waals surface area contributed by atoms with Crippen LogP contribution in [0.2, 0.25) is 0 Å². The van der Waals surface area contributed by atoms with Crippen molar-refractivity contribution in [3.63, 3.8) is 0 Å². The van der Waals surface area contributed by atoms with Gasteiger partial charge in [-0.3, -0.25) is 0 Å². The van der Waals surface area contributed by atoms with Crippen molar-refractivity contribution in [2.45, 2.75) is 31.6 Å². The Morgan fingerprint density at radius 3 is 2.74 bits per heavy atom. The van der Waals surface area contributed by atoms with Crippen molar-refractivity contribution < 1.29 is 13.6 Å². The van der Waals surface area contributed by atoms with Crippen LogP contribution in [0.5, 0.6) is 0 Å². The molecule has 3 nitrogen and oxygen atoms in total. The molecule has 0 aliphatic carbocycles. The third kappa shape index (κ3) is 3.55. The maximum Gasteiger partial charge on any atom is 0.149 e. The predicted octanol–water partition coefficient (Wildman–Crippen LogP) is 4.55. The van der Waals surface area contributed by atoms with Crippen LogP contribution in [0.1, 0.15) is 29.5 Å². The molecule has 1 aromatic carbocycles. The molecule has 1 aromatic heterocycles. The summed E-state index contributed by atoms with van der Waals surface area (Å²) in [5.41, 5.74) is 3.28. The first-order valence-electron chi connectivity index (χ1n) is 7.15. The molecule has 0 radical (unpaired) electrons. The fourth-order valence-corrected chi connectivity index (χ4v) is 4.35. The Hall–Kier alpha value is -1.47. The minimum absolute atomic E-state index is 0.110. The second-order valence-corrected chi connectivity index (χ2v) is 7.56. The van der Waals surface area contributed by atoms with Crippen LogP contribution in [0.25, 0.3) is 0 Å². The number of aromatic nitrogens is 1. The largest absolute Gasteiger partial charge is 0.388 e. The van der Waals surface area contributed by atoms with E-state index in [9.17, 15) is 8.78 Å². The summed E-state index contributed by atoms with van der Waals surface area (Å²) < 4.78 is 27.3. The number of hydrogen-bond donors (Lipinski definition) is 0. The molecule has 7 heteroatoms. The lowest BCUT2D eigenvalue weighted by Crippen LogP contribution is -2.28. The van der Waals surface area contributed by atoms with Crippen LogP contribution in [0.3, 0.4) is 0 Å². The highest BCUT2D eigenvalue weighted by atomic mass is 32.2. The molecule has 2 heterocycles. The monoisotopic (exact) mass is 354 g/mol. The minimum Gasteiger partial charge on any atom is -0.388 e. The van der Waals surface area contributed by atoms with Gasteiger partial charge in [0, 0.05) is 23.5 Å². The molecule has 3 rings (SSSR count). The van der Waals surface area contributed by atoms with E-state index >= 15 is 0 Å². The summed E-state index contributed by atoms with van der Waals surface area (Å²) in [7, 11) is 0. The van der Waals surface area contributed by atoms with Crippen LogP contribution in [0.4, 0.5) is 8.78 Å². The van der Waals surface area contributed by atoms with Gasteiger partial charge < -0.3 is 4.84 Å². The Labute approximate surface area is 141 Å². The number of hydrogen-bond acceptors (Lipinski definition) is 5. The lowest BCUT2D eigenvalue weighted by atomic mass is 10.0. The normalized spacial score (nSPS) is 20.4. The molecule has 0 fully saturated rings. The first-order valence-corrected chi connectivity index (χ1v) is 9.18. The Morgan fingerprint density at radius 2 is 2.09 bits per heavy atom. The molecule has 122 valence electrons. The molecule has 0 saturated carbocycles. The lowest BCUT2D eigenvalue weighted by molar-refractivity contribution is 0.0163. The molecule has 1 aliphatic rings. The quantitative estimate of drug-likeness (QED) is 0.790. The van der Waals surface area contributed by atoms with Crippen LogP contribution in [0.15, 0.2) is 28.9 Å². The predicted molar refractivity (Wildman–Crippen MR) is 90.0 cm³/mol. The summed E-state index contributed by atoms with van der Waals surface area (Å²) >= 11 is 2.99. The van der Waals surface area contributed by atoms with E-state index in [2.05, 4.69) is 10.1 Å². The Kier molecular flexibility index (Phi) is 4.68. The molecule has 0 amide bonds. The van der Waals surface area contributed by atoms with Gasteiger partial charge in [-0.25, -0.2) is 13.8 Å². The van der Waals surface area contributed by atoms with Gasteiger partial charge in [-0.05, 0) is 26.0 Å². The third-order valence-corrected chi connectivity index (χ3v) is 5.93. The third-order valence-electron chi connectivity index (χ3n) is 3.64. The molecule has 23 heavy (non-hydrogen) atoms. The second kappa shape index (κ2) is 6.57. The van der Waals surface area contributed by atoms with E-state index in [1.807, 2.05) is 13.8 Å². The standard InChI is InChI=1S/C16H16F2N2OS2/c1-10-15(23-9-19-10)14-6-16(2,21-20-14)8-22-7-11-12(17)4-3-5-13(11)18/h3-5,9H,6-8H2,1-2H3. The zero-order valence-corrected chi connectivity index (χ0v) is 14.4. The van der Waals surface area contributed by atoms with Gasteiger partial charge in [0.2, 0.25) is 0 Å². The molecule has 0 saturated heterocycles. The number of thioether (sulfide) groups is 1. The molecule has 1 aliphatic heterocycles. The molecule has 0 N–H and O–H groups in total. The van der Waals surface area contributed by atoms with Gasteiger partial charge in [0.05, 0.1) is 16.1 Å². The molecule has 0 bridgehead atoms. The van der Waals surface area contributed by atoms with Gasteiger partial charge in [-0.15, -0.1) is 11.3 Å². The van der Waals surface area contributed by atoms with E-state index in [1.54, 1.807) is 16.8 Å². The fourth-order valence-electron chi connectivity index (χ4n) is 2.40. The minimum atomic E-state index is -0.507. The number of thiazole rings is 1. The van der Waals surface area contributed by atoms with Crippen LogP contribution in [-0.2, 0) is 10.6 Å². The zero-order chi connectivity index (χ0) is 16.4. The summed E-state index contributed by atoms with van der Waals surface area (Å²) in [5, 5.41) is 4.18. The smallest absolute Gasteiger partial charge is 0.149 e. The molecule has 0 spiro atoms. The average molecular weight is 354 g/mol. The van der Waals surface area contributed by atoms with Gasteiger partial charge in [0.25, 0.3) is 0 Å². The Morgan fingerprint density at radius 1 is 1.35 bits per heavy atom. The number of rotatable bonds is 5. The number of nitrogens with zero attached hydrogens (tertiary/aromatic N) is 2. The van der Waals surface area contributed by atoms with Crippen molar-refractivity contribution in [1.29, 1.82) is 0 Å². The van der Waals surface area contributed by atoms with Gasteiger partial charge in [-0.2, -0.15) is 11.8 Å². The molecule has 2 aromatic rings. The number of oxime groups is 1. The molecule has 1 atom stereocenters. The van der Waals surface area contributed by atoms with E-state index in [0.29, 0.717) is 12.2 Å². The average Bonchev–Trinajstić information content (AvgIpc) is 3.09. The highest BCUT2D eigenvalue weighted by Gasteiger charge is 2.35. The molecular formula is C16H16F2N2OS2. The summed E-state index contributed by atoms with van der Waals surface area (Å²) in [5.74, 6) is -0.141. The topological polar surface area (TPSA) is 34.5 Å². The van der Waals surface area contributed by atoms with Gasteiger partial charge in [0.1, 0.15) is 22.9 Å². The van der Waals surface area contributed by atoms with Gasteiger partial charge in [0.15, 0.2) is 0 Å². The van der Waals surface area contributed by atoms with Crippen LogP contribution < -0.4 is 0 Å². The summed E-state index contributed by atoms with van der Waals surface area (Å²) in [4.78, 5) is 10.9. The van der Waals surface area contributed by atoms with Gasteiger partial charge >= 0.3 is 0 Å². The summed E-state index contributed by atoms with van der Waals surface area (Å²) in [6.07, 6.45) is 0.669. The first kappa shape index (κ1) is 16.4. The number of halogens is 2. The maximum absolute atomic E-state index is 13.6. The highest BCUT2D eigenvalue weighted by Crippen LogP contribution is 2.33. The van der Waals surface area contributed by atoms with Gasteiger partial charge in [-0.1, -0.05) is 11.2 Å². The number of benzene rings is 1. The van der Waals surface area contributed by atoms with E-state index in [1.165, 1.54) is 30.0 Å². The first-order chi connectivity index (χ1) is 11.0. The van der Waals surface area contributed by atoms with Crippen LogP contribution in [0, 0.1) is 18.6 Å². The van der Waals surface area contributed by atoms with Crippen molar-refractivity contribution in [2.75, 3.05) is 5.75 Å². The van der Waals surface area contributed by atoms with Crippen LogP contribution >= 0.6 is 23.1 Å². The lowest BCUT2D eigenvalue weighted by Gasteiger charge is -2.20. The van der Waals surface area contributed by atoms with E-state index in [4.69, 9.17) is 4.84 Å². The van der Waals surface area contributed by atoms with E-state index in [0.717, 1.165) is 16.3 Å². The van der Waals surface area contributed by atoms with E-state index < -0.39 is 17.2 Å². The fraction of sp³-hybridized carbons (Fsp3) is 0.375. The van der Waals surface area contributed by atoms with Crippen molar-refractivity contribution in [3.8, 4) is 0 Å². The van der Waals surface area contributed by atoms with Crippen LogP contribution in [-0.4, -0.2) is 22.0 Å². The van der Waals surface area contributed by atoms with Crippen molar-refractivity contribution in [3.05, 3.63) is 51.5 Å². The summed E-state index contributed by atoms with van der Waals surface area (Å²) in [6.45, 7) is 3.91. The van der Waals surface area contributed by atoms with E-state index in [-0.39, 0.29) is 11.3 Å². The Balaban J connectivity index is 1.58. The Bertz CT molecular complexity index is 727. The second-order valence-electron chi connectivity index (χ2n) is 5.72. The molecular weight excluding hydrogens is 338 g/mol. The number of aryl methyl sites for hydroxylation is 1. The highest BCUT2D eigenvalue weighted by molar-refractivity contribution is 7.98.